The van der Waals surface area contributed by atoms with Gasteiger partial charge in [-0.05, 0) is 18.6 Å². The standard InChI is InChI=1S/C12H14N4O/c1-9-14-7-11(8-17)12(16-9)15-6-10-3-2-4-13-5-10/h2-5,7,17H,6,8H2,1H3,(H,14,15,16). The molecule has 0 atom stereocenters. The zero-order valence-electron chi connectivity index (χ0n) is 9.59. The third kappa shape index (κ3) is 2.98. The molecule has 0 unspecified atom stereocenters. The molecule has 0 aliphatic carbocycles. The second-order valence-electron chi connectivity index (χ2n) is 3.66. The molecule has 0 aliphatic heterocycles. The van der Waals surface area contributed by atoms with Gasteiger partial charge in [0.15, 0.2) is 0 Å². The number of rotatable bonds is 4. The average molecular weight is 230 g/mol. The first-order valence-corrected chi connectivity index (χ1v) is 5.35. The summed E-state index contributed by atoms with van der Waals surface area (Å²) < 4.78 is 0. The monoisotopic (exact) mass is 230 g/mol. The molecule has 0 spiro atoms. The maximum absolute atomic E-state index is 9.17. The number of hydrogen-bond donors (Lipinski definition) is 2. The second-order valence-corrected chi connectivity index (χ2v) is 3.66. The van der Waals surface area contributed by atoms with Crippen molar-refractivity contribution >= 4 is 5.82 Å². The number of anilines is 1. The van der Waals surface area contributed by atoms with Crippen molar-refractivity contribution in [3.05, 3.63) is 47.7 Å². The minimum absolute atomic E-state index is 0.0738. The minimum Gasteiger partial charge on any atom is -0.391 e. The van der Waals surface area contributed by atoms with Crippen molar-refractivity contribution in [1.82, 2.24) is 15.0 Å². The van der Waals surface area contributed by atoms with E-state index < -0.39 is 0 Å². The van der Waals surface area contributed by atoms with Gasteiger partial charge in [0.05, 0.1) is 6.61 Å². The molecule has 0 bridgehead atoms. The molecule has 0 fully saturated rings. The van der Waals surface area contributed by atoms with Crippen molar-refractivity contribution < 1.29 is 5.11 Å². The Morgan fingerprint density at radius 2 is 2.24 bits per heavy atom. The Kier molecular flexibility index (Phi) is 3.62. The number of pyridine rings is 1. The van der Waals surface area contributed by atoms with Gasteiger partial charge in [-0.3, -0.25) is 4.98 Å². The summed E-state index contributed by atoms with van der Waals surface area (Å²) in [5.74, 6) is 1.35. The highest BCUT2D eigenvalue weighted by Crippen LogP contribution is 2.12. The molecule has 5 heteroatoms. The van der Waals surface area contributed by atoms with E-state index in [0.29, 0.717) is 23.8 Å². The van der Waals surface area contributed by atoms with Crippen molar-refractivity contribution in [3.8, 4) is 0 Å². The largest absolute Gasteiger partial charge is 0.391 e. The lowest BCUT2D eigenvalue weighted by atomic mass is 10.2. The smallest absolute Gasteiger partial charge is 0.135 e. The molecule has 0 amide bonds. The summed E-state index contributed by atoms with van der Waals surface area (Å²) in [6, 6.07) is 3.86. The summed E-state index contributed by atoms with van der Waals surface area (Å²) >= 11 is 0. The fourth-order valence-electron chi connectivity index (χ4n) is 1.45. The summed E-state index contributed by atoms with van der Waals surface area (Å²) in [4.78, 5) is 12.3. The van der Waals surface area contributed by atoms with Crippen LogP contribution in [0.5, 0.6) is 0 Å². The Hall–Kier alpha value is -2.01. The fourth-order valence-corrected chi connectivity index (χ4v) is 1.45. The molecule has 2 N–H and O–H groups in total. The van der Waals surface area contributed by atoms with Crippen LogP contribution in [0, 0.1) is 6.92 Å². The first-order valence-electron chi connectivity index (χ1n) is 5.35. The van der Waals surface area contributed by atoms with Crippen molar-refractivity contribution in [2.45, 2.75) is 20.1 Å². The predicted octanol–water partition coefficient (Wildman–Crippen LogP) is 1.28. The van der Waals surface area contributed by atoms with Crippen LogP contribution in [0.25, 0.3) is 0 Å². The molecule has 2 heterocycles. The Morgan fingerprint density at radius 3 is 2.94 bits per heavy atom. The first-order chi connectivity index (χ1) is 8.29. The van der Waals surface area contributed by atoms with Crippen LogP contribution in [0.15, 0.2) is 30.7 Å². The number of aliphatic hydroxyl groups excluding tert-OH is 1. The summed E-state index contributed by atoms with van der Waals surface area (Å²) in [6.07, 6.45) is 5.16. The van der Waals surface area contributed by atoms with E-state index in [0.717, 1.165) is 5.56 Å². The van der Waals surface area contributed by atoms with E-state index in [9.17, 15) is 5.11 Å². The zero-order valence-corrected chi connectivity index (χ0v) is 9.59. The van der Waals surface area contributed by atoms with E-state index >= 15 is 0 Å². The molecular weight excluding hydrogens is 216 g/mol. The molecular formula is C12H14N4O. The number of hydrogen-bond acceptors (Lipinski definition) is 5. The van der Waals surface area contributed by atoms with Gasteiger partial charge in [0.2, 0.25) is 0 Å². The molecule has 0 saturated heterocycles. The summed E-state index contributed by atoms with van der Waals surface area (Å²) in [6.45, 7) is 2.36. The molecule has 2 rings (SSSR count). The second kappa shape index (κ2) is 5.36. The van der Waals surface area contributed by atoms with Crippen molar-refractivity contribution in [2.75, 3.05) is 5.32 Å². The lowest BCUT2D eigenvalue weighted by Crippen LogP contribution is -2.06. The highest BCUT2D eigenvalue weighted by atomic mass is 16.3. The third-order valence-corrected chi connectivity index (χ3v) is 2.34. The Bertz CT molecular complexity index is 487. The first kappa shape index (κ1) is 11.5. The number of aryl methyl sites for hydroxylation is 1. The number of aliphatic hydroxyl groups is 1. The Balaban J connectivity index is 2.11. The van der Waals surface area contributed by atoms with Crippen LogP contribution in [0.2, 0.25) is 0 Å². The minimum atomic E-state index is -0.0738. The van der Waals surface area contributed by atoms with Crippen LogP contribution in [0.3, 0.4) is 0 Å². The fraction of sp³-hybridized carbons (Fsp3) is 0.250. The number of aromatic nitrogens is 3. The summed E-state index contributed by atoms with van der Waals surface area (Å²) in [5.41, 5.74) is 1.76. The van der Waals surface area contributed by atoms with Gasteiger partial charge in [0.25, 0.3) is 0 Å². The van der Waals surface area contributed by atoms with Crippen LogP contribution < -0.4 is 5.32 Å². The van der Waals surface area contributed by atoms with Gasteiger partial charge in [-0.15, -0.1) is 0 Å². The van der Waals surface area contributed by atoms with Crippen molar-refractivity contribution in [3.63, 3.8) is 0 Å². The van der Waals surface area contributed by atoms with Gasteiger partial charge in [-0.25, -0.2) is 9.97 Å². The van der Waals surface area contributed by atoms with Crippen molar-refractivity contribution in [2.24, 2.45) is 0 Å². The number of nitrogens with one attached hydrogen (secondary N) is 1. The van der Waals surface area contributed by atoms with E-state index in [1.54, 1.807) is 18.6 Å². The zero-order chi connectivity index (χ0) is 12.1. The SMILES string of the molecule is Cc1ncc(CO)c(NCc2cccnc2)n1. The van der Waals surface area contributed by atoms with Crippen LogP contribution >= 0.6 is 0 Å². The van der Waals surface area contributed by atoms with Crippen molar-refractivity contribution in [1.29, 1.82) is 0 Å². The highest BCUT2D eigenvalue weighted by molar-refractivity contribution is 5.43. The maximum Gasteiger partial charge on any atom is 0.135 e. The number of nitrogens with zero attached hydrogens (tertiary/aromatic N) is 3. The van der Waals surface area contributed by atoms with E-state index in [1.165, 1.54) is 0 Å². The molecule has 5 nitrogen and oxygen atoms in total. The van der Waals surface area contributed by atoms with Gasteiger partial charge in [-0.2, -0.15) is 0 Å². The van der Waals surface area contributed by atoms with Crippen LogP contribution in [0.1, 0.15) is 17.0 Å². The van der Waals surface area contributed by atoms with Gasteiger partial charge >= 0.3 is 0 Å². The Morgan fingerprint density at radius 1 is 1.35 bits per heavy atom. The molecule has 0 saturated carbocycles. The molecule has 0 aromatic carbocycles. The van der Waals surface area contributed by atoms with E-state index in [2.05, 4.69) is 20.3 Å². The summed E-state index contributed by atoms with van der Waals surface area (Å²) in [7, 11) is 0. The predicted molar refractivity (Wildman–Crippen MR) is 64.3 cm³/mol. The molecule has 0 aliphatic rings. The molecule has 0 radical (unpaired) electrons. The normalized spacial score (nSPS) is 10.2. The van der Waals surface area contributed by atoms with Gasteiger partial charge in [0.1, 0.15) is 11.6 Å². The molecule has 17 heavy (non-hydrogen) atoms. The van der Waals surface area contributed by atoms with E-state index in [4.69, 9.17) is 0 Å². The maximum atomic E-state index is 9.17. The molecule has 88 valence electrons. The third-order valence-electron chi connectivity index (χ3n) is 2.34. The summed E-state index contributed by atoms with van der Waals surface area (Å²) in [5, 5.41) is 12.3. The quantitative estimate of drug-likeness (QED) is 0.828. The molecule has 2 aromatic heterocycles. The lowest BCUT2D eigenvalue weighted by molar-refractivity contribution is 0.281. The van der Waals surface area contributed by atoms with Gasteiger partial charge in [0, 0.05) is 30.7 Å². The molecule has 2 aromatic rings. The van der Waals surface area contributed by atoms with E-state index in [-0.39, 0.29) is 6.61 Å². The lowest BCUT2D eigenvalue weighted by Gasteiger charge is -2.09. The average Bonchev–Trinajstić information content (AvgIpc) is 2.38. The Labute approximate surface area is 99.6 Å². The van der Waals surface area contributed by atoms with Crippen LogP contribution in [-0.2, 0) is 13.2 Å². The topological polar surface area (TPSA) is 70.9 Å². The van der Waals surface area contributed by atoms with Crippen LogP contribution in [-0.4, -0.2) is 20.1 Å². The van der Waals surface area contributed by atoms with Gasteiger partial charge < -0.3 is 10.4 Å². The highest BCUT2D eigenvalue weighted by Gasteiger charge is 2.04. The van der Waals surface area contributed by atoms with Crippen LogP contribution in [0.4, 0.5) is 5.82 Å². The van der Waals surface area contributed by atoms with Gasteiger partial charge in [-0.1, -0.05) is 6.07 Å². The van der Waals surface area contributed by atoms with E-state index in [1.807, 2.05) is 19.1 Å².